The van der Waals surface area contributed by atoms with Gasteiger partial charge in [0.2, 0.25) is 11.5 Å². The highest BCUT2D eigenvalue weighted by molar-refractivity contribution is 5.91. The van der Waals surface area contributed by atoms with E-state index in [0.717, 1.165) is 12.8 Å². The van der Waals surface area contributed by atoms with Gasteiger partial charge in [-0.1, -0.05) is 13.8 Å². The summed E-state index contributed by atoms with van der Waals surface area (Å²) in [6, 6.07) is 6.30. The van der Waals surface area contributed by atoms with Gasteiger partial charge < -0.3 is 37.9 Å². The number of benzene rings is 2. The first-order valence-corrected chi connectivity index (χ1v) is 14.5. The zero-order valence-electron chi connectivity index (χ0n) is 27.7. The lowest BCUT2D eigenvalue weighted by molar-refractivity contribution is 0.0303. The minimum atomic E-state index is -0.479. The predicted octanol–water partition coefficient (Wildman–Crippen LogP) is 4.17. The van der Waals surface area contributed by atoms with Gasteiger partial charge in [0, 0.05) is 25.2 Å². The molecule has 2 atom stereocenters. The lowest BCUT2D eigenvalue weighted by Gasteiger charge is -2.31. The Morgan fingerprint density at radius 3 is 1.09 bits per heavy atom. The molecule has 0 bridgehead atoms. The minimum Gasteiger partial charge on any atom is -0.493 e. The van der Waals surface area contributed by atoms with Gasteiger partial charge in [-0.25, -0.2) is 9.59 Å². The van der Waals surface area contributed by atoms with E-state index in [0.29, 0.717) is 58.7 Å². The van der Waals surface area contributed by atoms with E-state index in [-0.39, 0.29) is 25.3 Å². The summed E-state index contributed by atoms with van der Waals surface area (Å²) >= 11 is 0. The van der Waals surface area contributed by atoms with Crippen LogP contribution in [-0.2, 0) is 9.47 Å². The Labute approximate surface area is 261 Å². The number of likely N-dealkylation sites (N-methyl/N-ethyl adjacent to an activating group) is 2. The fourth-order valence-electron chi connectivity index (χ4n) is 4.70. The normalized spacial score (nSPS) is 12.4. The molecule has 12 heteroatoms. The molecule has 0 fully saturated rings. The van der Waals surface area contributed by atoms with Crippen LogP contribution < -0.4 is 28.4 Å². The van der Waals surface area contributed by atoms with Crippen LogP contribution >= 0.6 is 0 Å². The molecular formula is C32H48N2O10. The molecule has 0 heterocycles. The molecule has 2 aromatic rings. The molecule has 0 aliphatic heterocycles. The molecule has 2 rings (SSSR count). The van der Waals surface area contributed by atoms with E-state index >= 15 is 0 Å². The standard InChI is InChI=1S/C32H48N2O10/c1-11-23(19-43-31(35)21-15-25(37-5)29(41-9)26(16-21)38-6)33(3)13-14-34(4)24(12-2)20-44-32(36)22-17-27(39-7)30(42-10)28(18-22)40-8/h15-18,23-24H,11-14,19-20H2,1-10H3/t23-,24+. The molecule has 0 saturated heterocycles. The van der Waals surface area contributed by atoms with Crippen molar-refractivity contribution in [3.63, 3.8) is 0 Å². The smallest absolute Gasteiger partial charge is 0.338 e. The maximum atomic E-state index is 12.9. The maximum Gasteiger partial charge on any atom is 0.338 e. The van der Waals surface area contributed by atoms with Crippen molar-refractivity contribution in [3.8, 4) is 34.5 Å². The zero-order valence-corrected chi connectivity index (χ0v) is 27.7. The van der Waals surface area contributed by atoms with Gasteiger partial charge in [-0.2, -0.15) is 0 Å². The molecule has 246 valence electrons. The Bertz CT molecular complexity index is 1080. The van der Waals surface area contributed by atoms with Crippen molar-refractivity contribution in [2.75, 3.05) is 83.1 Å². The Balaban J connectivity index is 1.95. The number of ether oxygens (including phenoxy) is 8. The minimum absolute atomic E-state index is 0.00678. The molecule has 0 radical (unpaired) electrons. The van der Waals surface area contributed by atoms with Crippen LogP contribution in [0.3, 0.4) is 0 Å². The molecule has 44 heavy (non-hydrogen) atoms. The molecule has 0 spiro atoms. The summed E-state index contributed by atoms with van der Waals surface area (Å²) < 4.78 is 43.4. The summed E-state index contributed by atoms with van der Waals surface area (Å²) in [6.07, 6.45) is 1.57. The van der Waals surface area contributed by atoms with Crippen molar-refractivity contribution in [3.05, 3.63) is 35.4 Å². The molecule has 0 saturated carbocycles. The van der Waals surface area contributed by atoms with Crippen LogP contribution in [0.15, 0.2) is 24.3 Å². The molecular weight excluding hydrogens is 572 g/mol. The first-order valence-electron chi connectivity index (χ1n) is 14.5. The summed E-state index contributed by atoms with van der Waals surface area (Å²) in [4.78, 5) is 30.1. The third-order valence-corrected chi connectivity index (χ3v) is 7.61. The summed E-state index contributed by atoms with van der Waals surface area (Å²) in [5, 5.41) is 0. The predicted molar refractivity (Wildman–Crippen MR) is 166 cm³/mol. The van der Waals surface area contributed by atoms with Gasteiger partial charge in [0.05, 0.1) is 53.8 Å². The molecule has 0 aliphatic carbocycles. The average molecular weight is 621 g/mol. The highest BCUT2D eigenvalue weighted by Crippen LogP contribution is 2.39. The molecule has 0 N–H and O–H groups in total. The summed E-state index contributed by atoms with van der Waals surface area (Å²) in [7, 11) is 13.0. The van der Waals surface area contributed by atoms with Crippen molar-refractivity contribution in [2.24, 2.45) is 0 Å². The van der Waals surface area contributed by atoms with E-state index in [9.17, 15) is 9.59 Å². The SMILES string of the molecule is CC[C@H](COC(=O)c1cc(OC)c(OC)c(OC)c1)N(C)CCN(C)[C@@H](CC)COC(=O)c1cc(OC)c(OC)c(OC)c1. The van der Waals surface area contributed by atoms with Gasteiger partial charge >= 0.3 is 11.9 Å². The van der Waals surface area contributed by atoms with Crippen LogP contribution in [0.25, 0.3) is 0 Å². The third-order valence-electron chi connectivity index (χ3n) is 7.61. The summed E-state index contributed by atoms with van der Waals surface area (Å²) in [6.45, 7) is 5.97. The van der Waals surface area contributed by atoms with Gasteiger partial charge in [-0.3, -0.25) is 9.80 Å². The van der Waals surface area contributed by atoms with Crippen LogP contribution in [0.1, 0.15) is 47.4 Å². The monoisotopic (exact) mass is 620 g/mol. The second-order valence-corrected chi connectivity index (χ2v) is 10.1. The van der Waals surface area contributed by atoms with Gasteiger partial charge in [-0.05, 0) is 51.2 Å². The Morgan fingerprint density at radius 2 is 0.864 bits per heavy atom. The Morgan fingerprint density at radius 1 is 0.568 bits per heavy atom. The molecule has 12 nitrogen and oxygen atoms in total. The van der Waals surface area contributed by atoms with E-state index in [1.165, 1.54) is 42.7 Å². The highest BCUT2D eigenvalue weighted by Gasteiger charge is 2.23. The number of nitrogens with zero attached hydrogens (tertiary/aromatic N) is 2. The molecule has 0 amide bonds. The first-order chi connectivity index (χ1) is 21.1. The van der Waals surface area contributed by atoms with Crippen molar-refractivity contribution in [1.82, 2.24) is 9.80 Å². The van der Waals surface area contributed by atoms with Crippen molar-refractivity contribution in [2.45, 2.75) is 38.8 Å². The van der Waals surface area contributed by atoms with Crippen LogP contribution in [0.4, 0.5) is 0 Å². The molecule has 2 aromatic carbocycles. The van der Waals surface area contributed by atoms with Crippen LogP contribution in [0, 0.1) is 0 Å². The van der Waals surface area contributed by atoms with Crippen LogP contribution in [0.5, 0.6) is 34.5 Å². The first kappa shape index (κ1) is 36.3. The highest BCUT2D eigenvalue weighted by atomic mass is 16.5. The number of carbonyl (C=O) groups excluding carboxylic acids is 2. The molecule has 0 unspecified atom stereocenters. The second kappa shape index (κ2) is 18.0. The van der Waals surface area contributed by atoms with Gasteiger partial charge in [0.15, 0.2) is 23.0 Å². The number of hydrogen-bond donors (Lipinski definition) is 0. The van der Waals surface area contributed by atoms with Gasteiger partial charge in [0.1, 0.15) is 13.2 Å². The second-order valence-electron chi connectivity index (χ2n) is 10.1. The van der Waals surface area contributed by atoms with E-state index < -0.39 is 11.9 Å². The quantitative estimate of drug-likeness (QED) is 0.210. The van der Waals surface area contributed by atoms with Gasteiger partial charge in [-0.15, -0.1) is 0 Å². The maximum absolute atomic E-state index is 12.9. The summed E-state index contributed by atoms with van der Waals surface area (Å²) in [5.41, 5.74) is 0.618. The zero-order chi connectivity index (χ0) is 32.8. The van der Waals surface area contributed by atoms with E-state index in [4.69, 9.17) is 37.9 Å². The third kappa shape index (κ3) is 9.30. The van der Waals surface area contributed by atoms with E-state index in [1.807, 2.05) is 14.1 Å². The van der Waals surface area contributed by atoms with Crippen LogP contribution in [-0.4, -0.2) is 117 Å². The van der Waals surface area contributed by atoms with E-state index in [1.54, 1.807) is 24.3 Å². The molecule has 0 aliphatic rings. The fourth-order valence-corrected chi connectivity index (χ4v) is 4.70. The van der Waals surface area contributed by atoms with Gasteiger partial charge in [0.25, 0.3) is 0 Å². The van der Waals surface area contributed by atoms with Crippen molar-refractivity contribution >= 4 is 11.9 Å². The topological polar surface area (TPSA) is 114 Å². The lowest BCUT2D eigenvalue weighted by Crippen LogP contribution is -2.44. The Hall–Kier alpha value is -3.90. The number of methoxy groups -OCH3 is 6. The number of esters is 2. The largest absolute Gasteiger partial charge is 0.493 e. The van der Waals surface area contributed by atoms with Crippen molar-refractivity contribution < 1.29 is 47.5 Å². The lowest BCUT2D eigenvalue weighted by atomic mass is 10.1. The fraction of sp³-hybridized carbons (Fsp3) is 0.562. The number of rotatable bonds is 19. The Kier molecular flexibility index (Phi) is 14.9. The van der Waals surface area contributed by atoms with E-state index in [2.05, 4.69) is 23.6 Å². The number of hydrogen-bond acceptors (Lipinski definition) is 12. The van der Waals surface area contributed by atoms with Crippen molar-refractivity contribution in [1.29, 1.82) is 0 Å². The average Bonchev–Trinajstić information content (AvgIpc) is 3.05. The van der Waals surface area contributed by atoms with Crippen LogP contribution in [0.2, 0.25) is 0 Å². The molecule has 0 aromatic heterocycles. The number of carbonyl (C=O) groups is 2. The summed E-state index contributed by atoms with van der Waals surface area (Å²) in [5.74, 6) is 1.38.